The summed E-state index contributed by atoms with van der Waals surface area (Å²) in [6.07, 6.45) is -15.5. The lowest BCUT2D eigenvalue weighted by molar-refractivity contribution is -0.356. The maximum atomic E-state index is 14.2. The molecule has 0 saturated carbocycles. The average Bonchev–Trinajstić information content (AvgIpc) is 3.37. The molecule has 2 saturated heterocycles. The zero-order valence-electron chi connectivity index (χ0n) is 36.4. The zero-order chi connectivity index (χ0) is 47.1. The van der Waals surface area contributed by atoms with Crippen molar-refractivity contribution in [2.24, 2.45) is 0 Å². The van der Waals surface area contributed by atoms with Gasteiger partial charge in [0.1, 0.15) is 31.0 Å². The second-order valence-electron chi connectivity index (χ2n) is 15.5. The van der Waals surface area contributed by atoms with E-state index in [1.54, 1.807) is 91.0 Å². The number of aliphatic hydroxyl groups excluding tert-OH is 2. The summed E-state index contributed by atoms with van der Waals surface area (Å²) in [5, 5.41) is 22.2. The van der Waals surface area contributed by atoms with Crippen molar-refractivity contribution in [2.45, 2.75) is 81.2 Å². The van der Waals surface area contributed by atoms with Crippen LogP contribution in [0.1, 0.15) is 71.6 Å². The molecule has 2 aliphatic heterocycles. The van der Waals surface area contributed by atoms with E-state index < -0.39 is 104 Å². The van der Waals surface area contributed by atoms with Gasteiger partial charge in [0.2, 0.25) is 0 Å². The molecule has 0 amide bonds. The van der Waals surface area contributed by atoms with E-state index in [1.165, 1.54) is 60.7 Å². The highest BCUT2D eigenvalue weighted by Crippen LogP contribution is 2.36. The number of ether oxygens (including phenoxy) is 9. The van der Waals surface area contributed by atoms with E-state index in [-0.39, 0.29) is 34.4 Å². The van der Waals surface area contributed by atoms with Crippen LogP contribution in [0.15, 0.2) is 152 Å². The number of aliphatic hydroxyl groups is 2. The molecule has 0 radical (unpaired) electrons. The van der Waals surface area contributed by atoms with Gasteiger partial charge < -0.3 is 52.8 Å². The van der Waals surface area contributed by atoms with Gasteiger partial charge in [-0.3, -0.25) is 0 Å². The topological polar surface area (TPSA) is 209 Å². The van der Waals surface area contributed by atoms with Crippen molar-refractivity contribution in [3.63, 3.8) is 0 Å². The first-order valence-corrected chi connectivity index (χ1v) is 21.8. The van der Waals surface area contributed by atoms with E-state index >= 15 is 0 Å². The van der Waals surface area contributed by atoms with E-state index in [2.05, 4.69) is 0 Å². The summed E-state index contributed by atoms with van der Waals surface area (Å²) in [5.74, 6) is -4.39. The first kappa shape index (κ1) is 48.2. The number of carbonyl (C=O) groups is 5. The monoisotopic (exact) mass is 918 g/mol. The number of hydrogen-bond donors (Lipinski definition) is 2. The highest BCUT2D eigenvalue weighted by atomic mass is 16.8. The number of unbranched alkanes of at least 4 members (excludes halogenated alkanes) is 1. The summed E-state index contributed by atoms with van der Waals surface area (Å²) < 4.78 is 55.7. The van der Waals surface area contributed by atoms with Crippen LogP contribution in [0.5, 0.6) is 0 Å². The van der Waals surface area contributed by atoms with Crippen LogP contribution in [0.4, 0.5) is 0 Å². The maximum Gasteiger partial charge on any atom is 0.338 e. The van der Waals surface area contributed by atoms with Gasteiger partial charge in [-0.15, -0.1) is 0 Å². The molecule has 350 valence electrons. The van der Waals surface area contributed by atoms with Crippen molar-refractivity contribution in [3.8, 4) is 0 Å². The molecule has 0 bridgehead atoms. The minimum Gasteiger partial charge on any atom is -0.459 e. The van der Waals surface area contributed by atoms with E-state index in [1.807, 2.05) is 6.92 Å². The fraction of sp³-hybridized carbons (Fsp3) is 0.314. The highest BCUT2D eigenvalue weighted by molar-refractivity contribution is 5.92. The van der Waals surface area contributed by atoms with Gasteiger partial charge in [0, 0.05) is 6.61 Å². The highest BCUT2D eigenvalue weighted by Gasteiger charge is 2.57. The molecular formula is C51H50O16. The van der Waals surface area contributed by atoms with Gasteiger partial charge in [0.25, 0.3) is 0 Å². The van der Waals surface area contributed by atoms with Crippen LogP contribution in [0.3, 0.4) is 0 Å². The molecule has 2 heterocycles. The smallest absolute Gasteiger partial charge is 0.338 e. The predicted octanol–water partition coefficient (Wildman–Crippen LogP) is 5.75. The largest absolute Gasteiger partial charge is 0.459 e. The Hall–Kier alpha value is -6.79. The summed E-state index contributed by atoms with van der Waals surface area (Å²) in [4.78, 5) is 69.2. The summed E-state index contributed by atoms with van der Waals surface area (Å²) >= 11 is 0. The van der Waals surface area contributed by atoms with E-state index in [4.69, 9.17) is 42.6 Å². The molecule has 67 heavy (non-hydrogen) atoms. The lowest BCUT2D eigenvalue weighted by Crippen LogP contribution is -2.67. The Morgan fingerprint density at radius 2 is 0.851 bits per heavy atom. The summed E-state index contributed by atoms with van der Waals surface area (Å²) in [6.45, 7) is 0.584. The van der Waals surface area contributed by atoms with Crippen molar-refractivity contribution in [1.82, 2.24) is 0 Å². The minimum atomic E-state index is -1.89. The quantitative estimate of drug-likeness (QED) is 0.0609. The van der Waals surface area contributed by atoms with Crippen LogP contribution in [0, 0.1) is 0 Å². The molecule has 10 atom stereocenters. The molecule has 0 spiro atoms. The predicted molar refractivity (Wildman–Crippen MR) is 235 cm³/mol. The Bertz CT molecular complexity index is 2370. The second kappa shape index (κ2) is 23.6. The number of benzene rings is 5. The molecule has 2 N–H and O–H groups in total. The Morgan fingerprint density at radius 3 is 1.27 bits per heavy atom. The Morgan fingerprint density at radius 1 is 0.478 bits per heavy atom. The third kappa shape index (κ3) is 12.4. The number of hydrogen-bond acceptors (Lipinski definition) is 16. The van der Waals surface area contributed by atoms with Crippen molar-refractivity contribution >= 4 is 29.8 Å². The van der Waals surface area contributed by atoms with Crippen molar-refractivity contribution in [2.75, 3.05) is 19.8 Å². The summed E-state index contributed by atoms with van der Waals surface area (Å²) in [5.41, 5.74) is 0.564. The fourth-order valence-electron chi connectivity index (χ4n) is 7.36. The second-order valence-corrected chi connectivity index (χ2v) is 15.5. The van der Waals surface area contributed by atoms with Crippen LogP contribution in [-0.4, -0.2) is 121 Å². The van der Waals surface area contributed by atoms with Gasteiger partial charge in [-0.2, -0.15) is 0 Å². The van der Waals surface area contributed by atoms with E-state index in [9.17, 15) is 34.2 Å². The molecule has 2 fully saturated rings. The SMILES string of the molecule is CCCCO[C@@H]1OC(COC(=O)c2ccccc2)[C@@H](O[C@@H]2OC(CO)[C@H](O)[C@H](OC(=O)c3ccccc3)C2OC(=O)c2ccccc2)[C@H](OC(=O)c2ccccc2)C1OC(=O)c1ccccc1. The summed E-state index contributed by atoms with van der Waals surface area (Å²) in [6, 6.07) is 39.6. The Kier molecular flexibility index (Phi) is 17.0. The molecule has 2 aliphatic rings. The molecule has 16 heteroatoms. The third-order valence-corrected chi connectivity index (χ3v) is 10.9. The van der Waals surface area contributed by atoms with Crippen LogP contribution < -0.4 is 0 Å². The molecule has 5 aromatic carbocycles. The van der Waals surface area contributed by atoms with E-state index in [0.29, 0.717) is 12.8 Å². The molecule has 5 aromatic rings. The van der Waals surface area contributed by atoms with Gasteiger partial charge in [0.05, 0.1) is 34.4 Å². The number of carbonyl (C=O) groups excluding carboxylic acids is 5. The average molecular weight is 919 g/mol. The van der Waals surface area contributed by atoms with Gasteiger partial charge >= 0.3 is 29.8 Å². The number of rotatable bonds is 18. The Labute approximate surface area is 386 Å². The van der Waals surface area contributed by atoms with Crippen molar-refractivity contribution in [3.05, 3.63) is 179 Å². The van der Waals surface area contributed by atoms with Crippen molar-refractivity contribution in [1.29, 1.82) is 0 Å². The van der Waals surface area contributed by atoms with Gasteiger partial charge in [-0.25, -0.2) is 24.0 Å². The standard InChI is InChI=1S/C51H50O16/c1-2-3-29-59-50-44(66-49(58)36-27-17-8-18-28-36)42(64-47(56)34-23-13-6-14-24-34)40(38(62-50)31-60-45(54)32-19-9-4-10-20-32)67-51-43(65-48(57)35-25-15-7-16-26-35)41(39(53)37(30-52)61-51)63-46(55)33-21-11-5-12-22-33/h4-28,37-44,50-53H,2-3,29-31H2,1H3/t37?,38?,39-,40+,41-,42-,43?,44?,50+,51-/m0/s1. The van der Waals surface area contributed by atoms with Gasteiger partial charge in [-0.1, -0.05) is 104 Å². The van der Waals surface area contributed by atoms with Gasteiger partial charge in [-0.05, 0) is 67.1 Å². The van der Waals surface area contributed by atoms with Crippen LogP contribution in [-0.2, 0) is 42.6 Å². The molecule has 4 unspecified atom stereocenters. The van der Waals surface area contributed by atoms with Crippen LogP contribution in [0.25, 0.3) is 0 Å². The minimum absolute atomic E-state index is 0.0643. The zero-order valence-corrected chi connectivity index (χ0v) is 36.4. The number of esters is 5. The summed E-state index contributed by atoms with van der Waals surface area (Å²) in [7, 11) is 0. The maximum absolute atomic E-state index is 14.2. The van der Waals surface area contributed by atoms with Crippen molar-refractivity contribution < 1.29 is 76.8 Å². The molecule has 0 aromatic heterocycles. The molecule has 0 aliphatic carbocycles. The molecule has 16 nitrogen and oxygen atoms in total. The lowest BCUT2D eigenvalue weighted by Gasteiger charge is -2.48. The Balaban J connectivity index is 1.33. The third-order valence-electron chi connectivity index (χ3n) is 10.9. The molecule has 7 rings (SSSR count). The van der Waals surface area contributed by atoms with Crippen LogP contribution in [0.2, 0.25) is 0 Å². The molecular weight excluding hydrogens is 869 g/mol. The lowest BCUT2D eigenvalue weighted by atomic mass is 9.96. The first-order valence-electron chi connectivity index (χ1n) is 21.8. The first-order chi connectivity index (χ1) is 32.6. The van der Waals surface area contributed by atoms with E-state index in [0.717, 1.165) is 0 Å². The van der Waals surface area contributed by atoms with Gasteiger partial charge in [0.15, 0.2) is 37.0 Å². The normalized spacial score (nSPS) is 24.6. The van der Waals surface area contributed by atoms with Crippen LogP contribution >= 0.6 is 0 Å². The fourth-order valence-corrected chi connectivity index (χ4v) is 7.36.